The smallest absolute Gasteiger partial charge is 0.335 e. The number of benzene rings is 2. The summed E-state index contributed by atoms with van der Waals surface area (Å²) >= 11 is 0. The summed E-state index contributed by atoms with van der Waals surface area (Å²) in [7, 11) is 1.60. The van der Waals surface area contributed by atoms with E-state index in [0.29, 0.717) is 6.42 Å². The first-order valence-corrected chi connectivity index (χ1v) is 6.50. The third-order valence-corrected chi connectivity index (χ3v) is 3.29. The molecule has 4 heteroatoms. The molecular formula is C17H15NO3. The lowest BCUT2D eigenvalue weighted by molar-refractivity contribution is 0.0697. The van der Waals surface area contributed by atoms with Crippen LogP contribution in [-0.2, 0) is 6.42 Å². The van der Waals surface area contributed by atoms with E-state index in [-0.39, 0.29) is 11.5 Å². The van der Waals surface area contributed by atoms with Gasteiger partial charge in [0.25, 0.3) is 0 Å². The summed E-state index contributed by atoms with van der Waals surface area (Å²) in [4.78, 5) is 10.8. The summed E-state index contributed by atoms with van der Waals surface area (Å²) in [6, 6.07) is 16.3. The number of hydrogen-bond acceptors (Lipinski definition) is 3. The molecule has 0 saturated carbocycles. The minimum absolute atomic E-state index is 0.219. The van der Waals surface area contributed by atoms with Gasteiger partial charge in [-0.25, -0.2) is 4.79 Å². The lowest BCUT2D eigenvalue weighted by Crippen LogP contribution is -2.02. The number of ether oxygens (including phenoxy) is 1. The van der Waals surface area contributed by atoms with E-state index >= 15 is 0 Å². The van der Waals surface area contributed by atoms with Crippen molar-refractivity contribution in [3.8, 4) is 11.8 Å². The average molecular weight is 281 g/mol. The van der Waals surface area contributed by atoms with Gasteiger partial charge in [0.15, 0.2) is 0 Å². The van der Waals surface area contributed by atoms with Crippen LogP contribution in [-0.4, -0.2) is 18.2 Å². The number of nitriles is 1. The van der Waals surface area contributed by atoms with E-state index < -0.39 is 5.97 Å². The Morgan fingerprint density at radius 3 is 2.57 bits per heavy atom. The van der Waals surface area contributed by atoms with Crippen LogP contribution in [0.3, 0.4) is 0 Å². The zero-order valence-electron chi connectivity index (χ0n) is 11.6. The highest BCUT2D eigenvalue weighted by molar-refractivity contribution is 5.87. The summed E-state index contributed by atoms with van der Waals surface area (Å²) in [6.45, 7) is 0. The summed E-state index contributed by atoms with van der Waals surface area (Å²) < 4.78 is 5.17. The first-order chi connectivity index (χ1) is 10.1. The molecule has 0 fully saturated rings. The van der Waals surface area contributed by atoms with Crippen LogP contribution >= 0.6 is 0 Å². The molecule has 0 aliphatic carbocycles. The van der Waals surface area contributed by atoms with Crippen molar-refractivity contribution < 1.29 is 14.6 Å². The molecule has 0 spiro atoms. The lowest BCUT2D eigenvalue weighted by atomic mass is 9.92. The topological polar surface area (TPSA) is 70.3 Å². The van der Waals surface area contributed by atoms with E-state index in [0.717, 1.165) is 16.9 Å². The molecule has 0 radical (unpaired) electrons. The van der Waals surface area contributed by atoms with Gasteiger partial charge < -0.3 is 9.84 Å². The first-order valence-electron chi connectivity index (χ1n) is 6.50. The predicted molar refractivity (Wildman–Crippen MR) is 78.5 cm³/mol. The van der Waals surface area contributed by atoms with Gasteiger partial charge in [-0.2, -0.15) is 5.26 Å². The summed E-state index contributed by atoms with van der Waals surface area (Å²) in [5, 5.41) is 18.2. The normalized spacial score (nSPS) is 11.4. The van der Waals surface area contributed by atoms with Crippen LogP contribution in [0.5, 0.6) is 5.75 Å². The fourth-order valence-electron chi connectivity index (χ4n) is 2.13. The standard InChI is InChI=1S/C17H15NO3/c1-21-16-4-2-3-12(10-16)9-15(11-18)13-5-7-14(8-6-13)17(19)20/h2-8,10,15H,9H2,1H3,(H,19,20). The van der Waals surface area contributed by atoms with Gasteiger partial charge in [-0.3, -0.25) is 0 Å². The number of aromatic carboxylic acids is 1. The van der Waals surface area contributed by atoms with Crippen molar-refractivity contribution >= 4 is 5.97 Å². The molecule has 0 amide bonds. The van der Waals surface area contributed by atoms with Crippen LogP contribution in [0.15, 0.2) is 48.5 Å². The Kier molecular flexibility index (Phi) is 4.57. The SMILES string of the molecule is COc1cccc(CC(C#N)c2ccc(C(=O)O)cc2)c1. The van der Waals surface area contributed by atoms with Gasteiger partial charge in [0.05, 0.1) is 24.7 Å². The van der Waals surface area contributed by atoms with E-state index in [4.69, 9.17) is 9.84 Å². The number of carboxylic acid groups (broad SMARTS) is 1. The number of carboxylic acids is 1. The van der Waals surface area contributed by atoms with Crippen LogP contribution in [0.4, 0.5) is 0 Å². The van der Waals surface area contributed by atoms with Gasteiger partial charge in [0.2, 0.25) is 0 Å². The molecule has 21 heavy (non-hydrogen) atoms. The molecule has 1 N–H and O–H groups in total. The second-order valence-corrected chi connectivity index (χ2v) is 4.66. The predicted octanol–water partition coefficient (Wildman–Crippen LogP) is 3.24. The summed E-state index contributed by atoms with van der Waals surface area (Å²) in [6.07, 6.45) is 0.556. The molecule has 2 rings (SSSR count). The molecule has 0 saturated heterocycles. The fraction of sp³-hybridized carbons (Fsp3) is 0.176. The molecular weight excluding hydrogens is 266 g/mol. The molecule has 0 bridgehead atoms. The fourth-order valence-corrected chi connectivity index (χ4v) is 2.13. The molecule has 0 aliphatic rings. The molecule has 0 heterocycles. The van der Waals surface area contributed by atoms with E-state index in [9.17, 15) is 10.1 Å². The molecule has 4 nitrogen and oxygen atoms in total. The maximum absolute atomic E-state index is 10.8. The van der Waals surface area contributed by atoms with Crippen LogP contribution in [0.1, 0.15) is 27.4 Å². The largest absolute Gasteiger partial charge is 0.497 e. The van der Waals surface area contributed by atoms with Crippen molar-refractivity contribution in [3.63, 3.8) is 0 Å². The lowest BCUT2D eigenvalue weighted by Gasteiger charge is -2.11. The summed E-state index contributed by atoms with van der Waals surface area (Å²) in [5.74, 6) is -0.534. The minimum Gasteiger partial charge on any atom is -0.497 e. The average Bonchev–Trinajstić information content (AvgIpc) is 2.53. The highest BCUT2D eigenvalue weighted by Crippen LogP contribution is 2.23. The van der Waals surface area contributed by atoms with Gasteiger partial charge in [-0.05, 0) is 41.8 Å². The van der Waals surface area contributed by atoms with Crippen molar-refractivity contribution in [2.24, 2.45) is 0 Å². The van der Waals surface area contributed by atoms with Crippen LogP contribution < -0.4 is 4.74 Å². The maximum atomic E-state index is 10.8. The van der Waals surface area contributed by atoms with Gasteiger partial charge in [0, 0.05) is 0 Å². The second-order valence-electron chi connectivity index (χ2n) is 4.66. The molecule has 1 atom stereocenters. The molecule has 0 aliphatic heterocycles. The Morgan fingerprint density at radius 2 is 2.00 bits per heavy atom. The Morgan fingerprint density at radius 1 is 1.29 bits per heavy atom. The van der Waals surface area contributed by atoms with Crippen LogP contribution in [0, 0.1) is 11.3 Å². The maximum Gasteiger partial charge on any atom is 0.335 e. The van der Waals surface area contributed by atoms with Crippen LogP contribution in [0.2, 0.25) is 0 Å². The minimum atomic E-state index is -0.970. The number of methoxy groups -OCH3 is 1. The highest BCUT2D eigenvalue weighted by atomic mass is 16.5. The molecule has 106 valence electrons. The Bertz CT molecular complexity index is 671. The van der Waals surface area contributed by atoms with Crippen molar-refractivity contribution in [2.75, 3.05) is 7.11 Å². The van der Waals surface area contributed by atoms with E-state index in [1.165, 1.54) is 12.1 Å². The van der Waals surface area contributed by atoms with Crippen molar-refractivity contribution in [2.45, 2.75) is 12.3 Å². The van der Waals surface area contributed by atoms with E-state index in [1.807, 2.05) is 24.3 Å². The Labute approximate surface area is 123 Å². The molecule has 2 aromatic carbocycles. The van der Waals surface area contributed by atoms with E-state index in [2.05, 4.69) is 6.07 Å². The number of rotatable bonds is 5. The summed E-state index contributed by atoms with van der Waals surface area (Å²) in [5.41, 5.74) is 2.03. The van der Waals surface area contributed by atoms with Gasteiger partial charge >= 0.3 is 5.97 Å². The van der Waals surface area contributed by atoms with Crippen molar-refractivity contribution in [1.82, 2.24) is 0 Å². The van der Waals surface area contributed by atoms with Gasteiger partial charge in [-0.15, -0.1) is 0 Å². The zero-order chi connectivity index (χ0) is 15.2. The van der Waals surface area contributed by atoms with E-state index in [1.54, 1.807) is 19.2 Å². The van der Waals surface area contributed by atoms with Gasteiger partial charge in [-0.1, -0.05) is 24.3 Å². The highest BCUT2D eigenvalue weighted by Gasteiger charge is 2.13. The third kappa shape index (κ3) is 3.61. The van der Waals surface area contributed by atoms with Gasteiger partial charge in [0.1, 0.15) is 5.75 Å². The Balaban J connectivity index is 2.19. The second kappa shape index (κ2) is 6.58. The quantitative estimate of drug-likeness (QED) is 0.913. The zero-order valence-corrected chi connectivity index (χ0v) is 11.6. The van der Waals surface area contributed by atoms with Crippen molar-refractivity contribution in [1.29, 1.82) is 5.26 Å². The molecule has 1 unspecified atom stereocenters. The third-order valence-electron chi connectivity index (χ3n) is 3.29. The molecule has 2 aromatic rings. The van der Waals surface area contributed by atoms with Crippen molar-refractivity contribution in [3.05, 3.63) is 65.2 Å². The number of carbonyl (C=O) groups is 1. The molecule has 0 aromatic heterocycles. The Hall–Kier alpha value is -2.80. The van der Waals surface area contributed by atoms with Crippen LogP contribution in [0.25, 0.3) is 0 Å². The first kappa shape index (κ1) is 14.6. The monoisotopic (exact) mass is 281 g/mol. The number of hydrogen-bond donors (Lipinski definition) is 1. The number of nitrogens with zero attached hydrogens (tertiary/aromatic N) is 1.